The Hall–Kier alpha value is -0.200. The van der Waals surface area contributed by atoms with E-state index in [1.165, 1.54) is 0 Å². The molecule has 1 rings (SSSR count). The van der Waals surface area contributed by atoms with Crippen LogP contribution in [0.5, 0.6) is 0 Å². The van der Waals surface area contributed by atoms with Gasteiger partial charge in [-0.3, -0.25) is 0 Å². The number of quaternary nitrogens is 1. The highest BCUT2D eigenvalue weighted by Gasteiger charge is 2.31. The van der Waals surface area contributed by atoms with Crippen molar-refractivity contribution >= 4 is 0 Å². The van der Waals surface area contributed by atoms with E-state index < -0.39 is 11.1 Å². The van der Waals surface area contributed by atoms with Gasteiger partial charge in [0.15, 0.2) is 6.54 Å². The van der Waals surface area contributed by atoms with Crippen LogP contribution in [0.3, 0.4) is 0 Å². The number of aliphatic hydroxyl groups excluding tert-OH is 1. The predicted octanol–water partition coefficient (Wildman–Crippen LogP) is -1.00. The van der Waals surface area contributed by atoms with Gasteiger partial charge in [-0.25, -0.2) is 0 Å². The first-order valence-electron chi connectivity index (χ1n) is 2.24. The molecule has 5 heteroatoms. The summed E-state index contributed by atoms with van der Waals surface area (Å²) >= 11 is 0. The number of hydrogen-bond acceptors (Lipinski definition) is 4. The van der Waals surface area contributed by atoms with Crippen LogP contribution in [0.4, 0.5) is 0 Å². The zero-order valence-corrected chi connectivity index (χ0v) is 4.15. The molecule has 2 unspecified atom stereocenters. The third kappa shape index (κ3) is 1.15. The van der Waals surface area contributed by atoms with Crippen molar-refractivity contribution in [3.63, 3.8) is 0 Å². The van der Waals surface area contributed by atoms with Crippen molar-refractivity contribution in [1.29, 1.82) is 0 Å². The van der Waals surface area contributed by atoms with Gasteiger partial charge in [-0.05, 0) is 0 Å². The molecule has 2 N–H and O–H groups in total. The summed E-state index contributed by atoms with van der Waals surface area (Å²) in [4.78, 5) is 2.38. The fraction of sp³-hybridized carbons (Fsp3) is 1.00. The molecule has 0 aromatic heterocycles. The molecule has 0 aromatic rings. The highest BCUT2D eigenvalue weighted by atomic mass is 17.1. The van der Waals surface area contributed by atoms with Gasteiger partial charge in [0, 0.05) is 0 Å². The fourth-order valence-electron chi connectivity index (χ4n) is 0.574. The van der Waals surface area contributed by atoms with Gasteiger partial charge >= 0.3 is 0 Å². The summed E-state index contributed by atoms with van der Waals surface area (Å²) in [7, 11) is 0. The van der Waals surface area contributed by atoms with Crippen LogP contribution in [0, 0.1) is 5.21 Å². The normalized spacial score (nSPS) is 47.6. The minimum atomic E-state index is -1.76. The average Bonchev–Trinajstić information content (AvgIpc) is 1.82. The molecule has 0 bridgehead atoms. The maximum Gasteiger partial charge on any atom is 0.170 e. The molecule has 48 valence electrons. The van der Waals surface area contributed by atoms with Gasteiger partial charge in [0.05, 0.1) is 0 Å². The smallest absolute Gasteiger partial charge is 0.170 e. The Kier molecular flexibility index (Phi) is 1.22. The first-order valence-corrected chi connectivity index (χ1v) is 2.24. The lowest BCUT2D eigenvalue weighted by Gasteiger charge is -2.22. The summed E-state index contributed by atoms with van der Waals surface area (Å²) in [6.45, 7) is -0.375. The summed E-state index contributed by atoms with van der Waals surface area (Å²) in [5.74, 6) is 0. The zero-order chi connectivity index (χ0) is 6.20. The SMILES string of the molecule is [O-][N+]1(O)CC(O)CO1. The molecule has 2 atom stereocenters. The lowest BCUT2D eigenvalue weighted by Crippen LogP contribution is -2.34. The van der Waals surface area contributed by atoms with Crippen LogP contribution in [0.1, 0.15) is 0 Å². The molecular formula is C3H7NO4. The number of hydrogen-bond donors (Lipinski definition) is 2. The van der Waals surface area contributed by atoms with Gasteiger partial charge in [0.25, 0.3) is 0 Å². The van der Waals surface area contributed by atoms with Crippen molar-refractivity contribution in [2.75, 3.05) is 13.2 Å². The van der Waals surface area contributed by atoms with Gasteiger partial charge in [0.2, 0.25) is 0 Å². The van der Waals surface area contributed by atoms with Gasteiger partial charge in [-0.15, -0.1) is 0 Å². The lowest BCUT2D eigenvalue weighted by atomic mass is 10.4. The van der Waals surface area contributed by atoms with Crippen LogP contribution in [0.25, 0.3) is 0 Å². The predicted molar refractivity (Wildman–Crippen MR) is 22.2 cm³/mol. The summed E-state index contributed by atoms with van der Waals surface area (Å²) in [5.41, 5.74) is 0. The molecule has 1 aliphatic heterocycles. The van der Waals surface area contributed by atoms with Crippen molar-refractivity contribution in [2.24, 2.45) is 0 Å². The van der Waals surface area contributed by atoms with E-state index in [2.05, 4.69) is 4.84 Å². The number of rotatable bonds is 0. The second-order valence-corrected chi connectivity index (χ2v) is 1.77. The number of hydroxylamine groups is 3. The first-order chi connectivity index (χ1) is 3.60. The van der Waals surface area contributed by atoms with Crippen LogP contribution in [-0.4, -0.2) is 34.5 Å². The van der Waals surface area contributed by atoms with Crippen LogP contribution in [-0.2, 0) is 4.84 Å². The van der Waals surface area contributed by atoms with Gasteiger partial charge in [0.1, 0.15) is 12.7 Å². The molecule has 0 spiro atoms. The summed E-state index contributed by atoms with van der Waals surface area (Å²) in [6.07, 6.45) is -0.822. The van der Waals surface area contributed by atoms with E-state index in [9.17, 15) is 5.21 Å². The summed E-state index contributed by atoms with van der Waals surface area (Å²) < 4.78 is 0. The Bertz CT molecular complexity index is 93.3. The summed E-state index contributed by atoms with van der Waals surface area (Å²) in [6, 6.07) is 0. The number of nitrogens with zero attached hydrogens (tertiary/aromatic N) is 1. The third-order valence-corrected chi connectivity index (χ3v) is 0.910. The van der Waals surface area contributed by atoms with Crippen molar-refractivity contribution in [2.45, 2.75) is 6.10 Å². The number of aliphatic hydroxyl groups is 1. The van der Waals surface area contributed by atoms with Gasteiger partial charge in [-0.1, -0.05) is 4.97 Å². The maximum absolute atomic E-state index is 10.2. The molecule has 8 heavy (non-hydrogen) atoms. The largest absolute Gasteiger partial charge is 0.564 e. The van der Waals surface area contributed by atoms with Crippen LogP contribution in [0.15, 0.2) is 0 Å². The topological polar surface area (TPSA) is 72.8 Å². The van der Waals surface area contributed by atoms with Crippen molar-refractivity contribution < 1.29 is 20.1 Å². The van der Waals surface area contributed by atoms with E-state index in [-0.39, 0.29) is 13.2 Å². The lowest BCUT2D eigenvalue weighted by molar-refractivity contribution is -1.20. The van der Waals surface area contributed by atoms with Crippen LogP contribution < -0.4 is 0 Å². The highest BCUT2D eigenvalue weighted by molar-refractivity contribution is 4.52. The first kappa shape index (κ1) is 5.93. The molecule has 1 aliphatic rings. The maximum atomic E-state index is 10.2. The Morgan fingerprint density at radius 2 is 2.38 bits per heavy atom. The third-order valence-electron chi connectivity index (χ3n) is 0.910. The van der Waals surface area contributed by atoms with E-state index in [1.54, 1.807) is 0 Å². The molecule has 0 aliphatic carbocycles. The zero-order valence-electron chi connectivity index (χ0n) is 4.15. The average molecular weight is 121 g/mol. The van der Waals surface area contributed by atoms with Crippen molar-refractivity contribution in [3.8, 4) is 0 Å². The van der Waals surface area contributed by atoms with Crippen LogP contribution >= 0.6 is 0 Å². The Morgan fingerprint density at radius 1 is 1.75 bits per heavy atom. The monoisotopic (exact) mass is 121 g/mol. The van der Waals surface area contributed by atoms with Crippen molar-refractivity contribution in [3.05, 3.63) is 5.21 Å². The second kappa shape index (κ2) is 1.64. The minimum Gasteiger partial charge on any atom is -0.564 e. The van der Waals surface area contributed by atoms with E-state index in [0.717, 1.165) is 0 Å². The van der Waals surface area contributed by atoms with Gasteiger partial charge < -0.3 is 10.3 Å². The Morgan fingerprint density at radius 3 is 2.50 bits per heavy atom. The molecule has 0 radical (unpaired) electrons. The van der Waals surface area contributed by atoms with Gasteiger partial charge in [-0.2, -0.15) is 10.0 Å². The standard InChI is InChI=1S/C3H7NO4/c5-3-1-4(6,7)8-2-3/h3,5-6H,1-2H2. The van der Waals surface area contributed by atoms with E-state index in [0.29, 0.717) is 0 Å². The fourth-order valence-corrected chi connectivity index (χ4v) is 0.574. The Labute approximate surface area is 45.8 Å². The Balaban J connectivity index is 2.44. The quantitative estimate of drug-likeness (QED) is 0.318. The van der Waals surface area contributed by atoms with Crippen LogP contribution in [0.2, 0.25) is 0 Å². The molecule has 0 amide bonds. The molecule has 1 heterocycles. The molecule has 5 nitrogen and oxygen atoms in total. The minimum absolute atomic E-state index is 0.0833. The molecular weight excluding hydrogens is 114 g/mol. The highest BCUT2D eigenvalue weighted by Crippen LogP contribution is 2.10. The van der Waals surface area contributed by atoms with E-state index in [1.807, 2.05) is 0 Å². The summed E-state index contributed by atoms with van der Waals surface area (Å²) in [5, 5.41) is 27.2. The molecule has 0 saturated carbocycles. The second-order valence-electron chi connectivity index (χ2n) is 1.77. The molecule has 1 saturated heterocycles. The molecule has 1 fully saturated rings. The van der Waals surface area contributed by atoms with Crippen molar-refractivity contribution in [1.82, 2.24) is 0 Å². The van der Waals surface area contributed by atoms with E-state index in [4.69, 9.17) is 10.3 Å². The molecule has 0 aromatic carbocycles. The van der Waals surface area contributed by atoms with E-state index >= 15 is 0 Å².